The van der Waals surface area contributed by atoms with E-state index in [1.807, 2.05) is 121 Å². The van der Waals surface area contributed by atoms with Crippen molar-refractivity contribution in [3.05, 3.63) is 190 Å². The molecular weight excluding hydrogens is 925 g/mol. The standard InChI is InChI=1S/C59H56N4O10/c1-37(39-18-7-4-8-19-39)60-58(69)62-46-27-26-38(17-15-16-30-64)33-45(46)59(57(62)68)50(55(66)61-29-28-42-34-48(70-2)49(71-3)35-43(42)36-61)52-56(67)73-53(41-22-11-6-12-23-41)51(40-20-9-5-10-21-40)63(52)54(59)44-24-13-14-25-47(44)72-32-31-65/h4-14,18-27,33-35,37,50-54,64-65H,16,28-32,36H2,1-3H3,(H,60,69)/t37-,50-,51-,52-,53+,54+,59-/m1/s1. The smallest absolute Gasteiger partial charge is 0.329 e. The minimum absolute atomic E-state index is 0.102. The van der Waals surface area contributed by atoms with Crippen molar-refractivity contribution in [2.45, 2.75) is 62.0 Å². The predicted octanol–water partition coefficient (Wildman–Crippen LogP) is 7.53. The molecule has 14 nitrogen and oxygen atoms in total. The van der Waals surface area contributed by atoms with Gasteiger partial charge in [0.25, 0.3) is 0 Å². The lowest BCUT2D eigenvalue weighted by atomic mass is 9.64. The van der Waals surface area contributed by atoms with Gasteiger partial charge in [0.15, 0.2) is 11.5 Å². The molecule has 0 saturated carbocycles. The number of anilines is 1. The summed E-state index contributed by atoms with van der Waals surface area (Å²) < 4.78 is 24.4. The molecule has 4 aliphatic heterocycles. The number of carbonyl (C=O) groups is 4. The fourth-order valence-electron chi connectivity index (χ4n) is 11.5. The van der Waals surface area contributed by atoms with Gasteiger partial charge in [-0.25, -0.2) is 9.69 Å². The average Bonchev–Trinajstić information content (AvgIpc) is 3.88. The molecule has 0 radical (unpaired) electrons. The van der Waals surface area contributed by atoms with E-state index < -0.39 is 65.4 Å². The summed E-state index contributed by atoms with van der Waals surface area (Å²) in [6.45, 7) is 1.53. The monoisotopic (exact) mass is 980 g/mol. The number of benzene rings is 6. The number of rotatable bonds is 12. The second kappa shape index (κ2) is 20.6. The lowest BCUT2D eigenvalue weighted by Gasteiger charge is -2.46. The minimum atomic E-state index is -2.09. The number of amides is 4. The Labute approximate surface area is 424 Å². The van der Waals surface area contributed by atoms with Crippen molar-refractivity contribution in [2.24, 2.45) is 5.92 Å². The van der Waals surface area contributed by atoms with Crippen LogP contribution in [0.3, 0.4) is 0 Å². The number of hydrogen-bond acceptors (Lipinski definition) is 11. The molecule has 6 aromatic carbocycles. The molecule has 4 aliphatic rings. The molecule has 10 rings (SSSR count). The Morgan fingerprint density at radius 2 is 1.44 bits per heavy atom. The van der Waals surface area contributed by atoms with Gasteiger partial charge in [-0.2, -0.15) is 0 Å². The van der Waals surface area contributed by atoms with Gasteiger partial charge in [0.1, 0.15) is 29.9 Å². The third kappa shape index (κ3) is 8.52. The van der Waals surface area contributed by atoms with Crippen molar-refractivity contribution in [1.82, 2.24) is 15.1 Å². The number of carbonyl (C=O) groups excluding carboxylic acids is 4. The van der Waals surface area contributed by atoms with Gasteiger partial charge in [-0.3, -0.25) is 19.3 Å². The van der Waals surface area contributed by atoms with Gasteiger partial charge in [0, 0.05) is 30.6 Å². The Morgan fingerprint density at radius 1 is 0.781 bits per heavy atom. The summed E-state index contributed by atoms with van der Waals surface area (Å²) in [5.41, 5.74) is 3.28. The lowest BCUT2D eigenvalue weighted by Crippen LogP contribution is -2.57. The highest BCUT2D eigenvalue weighted by molar-refractivity contribution is 6.24. The Balaban J connectivity index is 1.27. The van der Waals surface area contributed by atoms with Crippen LogP contribution in [0.5, 0.6) is 17.2 Å². The molecule has 2 fully saturated rings. The van der Waals surface area contributed by atoms with E-state index in [2.05, 4.69) is 17.2 Å². The molecule has 6 aromatic rings. The van der Waals surface area contributed by atoms with E-state index in [9.17, 15) is 10.2 Å². The molecule has 73 heavy (non-hydrogen) atoms. The van der Waals surface area contributed by atoms with E-state index in [1.54, 1.807) is 55.5 Å². The first-order valence-corrected chi connectivity index (χ1v) is 24.5. The van der Waals surface area contributed by atoms with Crippen LogP contribution in [0, 0.1) is 17.8 Å². The van der Waals surface area contributed by atoms with Crippen LogP contribution in [0.4, 0.5) is 10.5 Å². The number of fused-ring (bicyclic) bond motifs is 4. The van der Waals surface area contributed by atoms with Crippen molar-refractivity contribution in [3.8, 4) is 29.1 Å². The van der Waals surface area contributed by atoms with Crippen LogP contribution in [0.2, 0.25) is 0 Å². The second-order valence-corrected chi connectivity index (χ2v) is 18.6. The number of nitrogens with zero attached hydrogens (tertiary/aromatic N) is 3. The zero-order valence-electron chi connectivity index (χ0n) is 40.8. The number of cyclic esters (lactones) is 1. The second-order valence-electron chi connectivity index (χ2n) is 18.6. The fraction of sp³-hybridized carbons (Fsp3) is 0.288. The van der Waals surface area contributed by atoms with Crippen LogP contribution in [-0.4, -0.2) is 90.5 Å². The Kier molecular flexibility index (Phi) is 13.8. The number of ether oxygens (including phenoxy) is 4. The molecular formula is C59H56N4O10. The van der Waals surface area contributed by atoms with Crippen molar-refractivity contribution in [2.75, 3.05) is 45.5 Å². The van der Waals surface area contributed by atoms with Crippen molar-refractivity contribution < 1.29 is 48.3 Å². The van der Waals surface area contributed by atoms with Crippen LogP contribution in [0.15, 0.2) is 146 Å². The number of para-hydroxylation sites is 1. The first-order valence-electron chi connectivity index (χ1n) is 24.5. The van der Waals surface area contributed by atoms with E-state index in [1.165, 1.54) is 0 Å². The molecule has 14 heteroatoms. The summed E-state index contributed by atoms with van der Waals surface area (Å²) >= 11 is 0. The summed E-state index contributed by atoms with van der Waals surface area (Å²) in [6.07, 6.45) is -0.362. The van der Waals surface area contributed by atoms with E-state index in [0.717, 1.165) is 27.2 Å². The number of imide groups is 1. The van der Waals surface area contributed by atoms with Gasteiger partial charge in [0.2, 0.25) is 11.8 Å². The van der Waals surface area contributed by atoms with Gasteiger partial charge < -0.3 is 39.4 Å². The Hall–Kier alpha value is -7.96. The Bertz CT molecular complexity index is 3110. The summed E-state index contributed by atoms with van der Waals surface area (Å²) in [7, 11) is 3.11. The molecule has 4 heterocycles. The third-order valence-electron chi connectivity index (χ3n) is 14.6. The maximum absolute atomic E-state index is 17.0. The number of morpholine rings is 1. The molecule has 3 N–H and O–H groups in total. The van der Waals surface area contributed by atoms with Crippen molar-refractivity contribution in [3.63, 3.8) is 0 Å². The summed E-state index contributed by atoms with van der Waals surface area (Å²) in [6, 6.07) is 39.5. The quantitative estimate of drug-likeness (QED) is 0.0820. The zero-order valence-corrected chi connectivity index (χ0v) is 40.8. The summed E-state index contributed by atoms with van der Waals surface area (Å²) in [5.74, 6) is 3.96. The predicted molar refractivity (Wildman–Crippen MR) is 272 cm³/mol. The summed E-state index contributed by atoms with van der Waals surface area (Å²) in [4.78, 5) is 69.4. The van der Waals surface area contributed by atoms with E-state index in [0.29, 0.717) is 45.9 Å². The highest BCUT2D eigenvalue weighted by atomic mass is 16.6. The van der Waals surface area contributed by atoms with Crippen molar-refractivity contribution >= 4 is 29.5 Å². The lowest BCUT2D eigenvalue weighted by molar-refractivity contribution is -0.179. The van der Waals surface area contributed by atoms with Gasteiger partial charge in [-0.05, 0) is 83.1 Å². The summed E-state index contributed by atoms with van der Waals surface area (Å²) in [5, 5.41) is 23.0. The highest BCUT2D eigenvalue weighted by Crippen LogP contribution is 2.67. The topological polar surface area (TPSA) is 167 Å². The van der Waals surface area contributed by atoms with Crippen LogP contribution >= 0.6 is 0 Å². The molecule has 0 bridgehead atoms. The maximum Gasteiger partial charge on any atom is 0.329 e. The third-order valence-corrected chi connectivity index (χ3v) is 14.6. The van der Waals surface area contributed by atoms with Crippen LogP contribution in [0.1, 0.15) is 82.1 Å². The van der Waals surface area contributed by atoms with E-state index in [4.69, 9.17) is 18.9 Å². The minimum Gasteiger partial charge on any atom is -0.493 e. The number of hydrogen-bond donors (Lipinski definition) is 3. The number of nitrogens with one attached hydrogen (secondary N) is 1. The van der Waals surface area contributed by atoms with Gasteiger partial charge >= 0.3 is 12.0 Å². The maximum atomic E-state index is 17.0. The van der Waals surface area contributed by atoms with Crippen LogP contribution in [0.25, 0.3) is 0 Å². The van der Waals surface area contributed by atoms with Gasteiger partial charge in [-0.1, -0.05) is 121 Å². The largest absolute Gasteiger partial charge is 0.493 e. The molecule has 0 aromatic heterocycles. The van der Waals surface area contributed by atoms with Crippen LogP contribution < -0.4 is 24.4 Å². The number of urea groups is 1. The first kappa shape index (κ1) is 48.7. The SMILES string of the molecule is COc1cc2c(cc1OC)CN(C(=O)[C@H]1[C@@H]3C(=O)O[C@@H](c4ccccc4)[C@@H](c4ccccc4)N3[C@@H](c3ccccc3OCCO)[C@]13C(=O)N(C(=O)N[C@H](C)c1ccccc1)c1ccc(C#CCCO)cc13)CC2. The van der Waals surface area contributed by atoms with Gasteiger partial charge in [-0.15, -0.1) is 0 Å². The number of aliphatic hydroxyl groups excluding tert-OH is 2. The van der Waals surface area contributed by atoms with Crippen molar-refractivity contribution in [1.29, 1.82) is 0 Å². The zero-order chi connectivity index (χ0) is 50.8. The highest BCUT2D eigenvalue weighted by Gasteiger charge is 2.76. The first-order chi connectivity index (χ1) is 35.6. The Morgan fingerprint density at radius 3 is 2.12 bits per heavy atom. The molecule has 7 atom stereocenters. The van der Waals surface area contributed by atoms with Crippen LogP contribution in [-0.2, 0) is 37.5 Å². The van der Waals surface area contributed by atoms with E-state index in [-0.39, 0.29) is 45.0 Å². The molecule has 1 spiro atoms. The molecule has 2 saturated heterocycles. The van der Waals surface area contributed by atoms with E-state index >= 15 is 19.2 Å². The normalized spacial score (nSPS) is 22.3. The fourth-order valence-corrected chi connectivity index (χ4v) is 11.5. The number of aliphatic hydroxyl groups is 2. The number of methoxy groups -OCH3 is 2. The number of esters is 1. The molecule has 0 aliphatic carbocycles. The molecule has 372 valence electrons. The average molecular weight is 981 g/mol. The molecule has 0 unspecified atom stereocenters. The van der Waals surface area contributed by atoms with Gasteiger partial charge in [0.05, 0.1) is 57.2 Å². The molecule has 4 amide bonds.